The zero-order chi connectivity index (χ0) is 27.2. The van der Waals surface area contributed by atoms with E-state index in [-0.39, 0.29) is 47.9 Å². The van der Waals surface area contributed by atoms with Gasteiger partial charge in [0.25, 0.3) is 0 Å². The van der Waals surface area contributed by atoms with Crippen molar-refractivity contribution >= 4 is 17.6 Å². The predicted molar refractivity (Wildman–Crippen MR) is 146 cm³/mol. The summed E-state index contributed by atoms with van der Waals surface area (Å²) in [6.07, 6.45) is 7.52. The summed E-state index contributed by atoms with van der Waals surface area (Å²) in [6, 6.07) is 11.6. The second-order valence-electron chi connectivity index (χ2n) is 10.2. The average Bonchev–Trinajstić information content (AvgIpc) is 3.46. The highest BCUT2D eigenvalue weighted by molar-refractivity contribution is 5.76. The van der Waals surface area contributed by atoms with E-state index < -0.39 is 11.6 Å². The number of carbonyl (C=O) groups excluding carboxylic acids is 1. The number of piperidine rings is 1. The van der Waals surface area contributed by atoms with Crippen LogP contribution in [-0.4, -0.2) is 40.7 Å². The lowest BCUT2D eigenvalue weighted by Gasteiger charge is -2.30. The molecule has 2 heterocycles. The number of aromatic nitrogens is 2. The molecule has 0 bridgehead atoms. The van der Waals surface area contributed by atoms with Gasteiger partial charge in [-0.1, -0.05) is 30.3 Å². The first-order chi connectivity index (χ1) is 19.0. The van der Waals surface area contributed by atoms with Gasteiger partial charge in [-0.3, -0.25) is 4.79 Å². The molecule has 3 aromatic rings. The van der Waals surface area contributed by atoms with Crippen molar-refractivity contribution in [3.05, 3.63) is 71.4 Å². The fourth-order valence-corrected chi connectivity index (χ4v) is 5.13. The Morgan fingerprint density at radius 3 is 2.54 bits per heavy atom. The van der Waals surface area contributed by atoms with Gasteiger partial charge in [-0.2, -0.15) is 0 Å². The molecule has 1 saturated carbocycles. The van der Waals surface area contributed by atoms with E-state index in [2.05, 4.69) is 25.9 Å². The van der Waals surface area contributed by atoms with Crippen LogP contribution in [0.2, 0.25) is 0 Å². The van der Waals surface area contributed by atoms with E-state index in [1.165, 1.54) is 18.2 Å². The van der Waals surface area contributed by atoms with Crippen molar-refractivity contribution in [2.45, 2.75) is 69.8 Å². The molecule has 2 fully saturated rings. The summed E-state index contributed by atoms with van der Waals surface area (Å²) in [4.78, 5) is 21.3. The number of esters is 1. The SMILES string of the molecule is Nc1ncc(-c2ccc(CNC3CCN[C@@H](C(=O)OC4CCCC4)C3)cc2)nc1NCc1c(F)cccc1F. The quantitative estimate of drug-likeness (QED) is 0.299. The van der Waals surface area contributed by atoms with Crippen LogP contribution < -0.4 is 21.7 Å². The maximum absolute atomic E-state index is 14.0. The minimum Gasteiger partial charge on any atom is -0.461 e. The van der Waals surface area contributed by atoms with E-state index in [1.54, 1.807) is 6.20 Å². The van der Waals surface area contributed by atoms with Crippen LogP contribution in [0.15, 0.2) is 48.7 Å². The van der Waals surface area contributed by atoms with Gasteiger partial charge < -0.3 is 26.4 Å². The molecule has 1 unspecified atom stereocenters. The third-order valence-corrected chi connectivity index (χ3v) is 7.41. The third-order valence-electron chi connectivity index (χ3n) is 7.41. The number of ether oxygens (including phenoxy) is 1. The maximum atomic E-state index is 14.0. The zero-order valence-corrected chi connectivity index (χ0v) is 21.8. The minimum absolute atomic E-state index is 0.0820. The number of nitrogens with one attached hydrogen (secondary N) is 3. The fourth-order valence-electron chi connectivity index (χ4n) is 5.13. The van der Waals surface area contributed by atoms with Crippen LogP contribution in [0.25, 0.3) is 11.3 Å². The van der Waals surface area contributed by atoms with Gasteiger partial charge in [0.2, 0.25) is 0 Å². The average molecular weight is 537 g/mol. The Labute approximate surface area is 226 Å². The van der Waals surface area contributed by atoms with Gasteiger partial charge >= 0.3 is 5.97 Å². The van der Waals surface area contributed by atoms with Crippen LogP contribution >= 0.6 is 0 Å². The molecule has 206 valence electrons. The van der Waals surface area contributed by atoms with Gasteiger partial charge in [-0.05, 0) is 62.8 Å². The van der Waals surface area contributed by atoms with Gasteiger partial charge in [0, 0.05) is 30.3 Å². The van der Waals surface area contributed by atoms with Gasteiger partial charge in [0.15, 0.2) is 11.6 Å². The Kier molecular flexibility index (Phi) is 8.63. The molecule has 2 aliphatic rings. The molecule has 2 aromatic carbocycles. The summed E-state index contributed by atoms with van der Waals surface area (Å²) < 4.78 is 33.6. The standard InChI is InChI=1S/C29H34F2N6O2/c30-23-6-3-7-24(31)22(23)16-36-28-27(32)35-17-26(37-28)19-10-8-18(9-11-19)15-34-20-12-13-33-25(14-20)29(38)39-21-4-1-2-5-21/h3,6-11,17,20-21,25,33-34H,1-2,4-5,12-16H2,(H2,32,35)(H,36,37)/t20?,25-/m1/s1. The fraction of sp³-hybridized carbons (Fsp3) is 0.414. The van der Waals surface area contributed by atoms with E-state index in [4.69, 9.17) is 10.5 Å². The molecule has 1 saturated heterocycles. The molecular weight excluding hydrogens is 502 g/mol. The summed E-state index contributed by atoms with van der Waals surface area (Å²) >= 11 is 0. The first-order valence-electron chi connectivity index (χ1n) is 13.5. The number of benzene rings is 2. The molecule has 5 N–H and O–H groups in total. The van der Waals surface area contributed by atoms with Crippen LogP contribution in [0, 0.1) is 11.6 Å². The number of nitrogens with zero attached hydrogens (tertiary/aromatic N) is 2. The van der Waals surface area contributed by atoms with Crippen molar-refractivity contribution in [2.75, 3.05) is 17.6 Å². The van der Waals surface area contributed by atoms with Gasteiger partial charge in [0.05, 0.1) is 11.9 Å². The molecule has 0 amide bonds. The highest BCUT2D eigenvalue weighted by atomic mass is 19.1. The molecule has 10 heteroatoms. The first kappa shape index (κ1) is 27.0. The third kappa shape index (κ3) is 6.88. The summed E-state index contributed by atoms with van der Waals surface area (Å²) in [7, 11) is 0. The van der Waals surface area contributed by atoms with E-state index in [9.17, 15) is 13.6 Å². The Morgan fingerprint density at radius 2 is 1.79 bits per heavy atom. The monoisotopic (exact) mass is 536 g/mol. The van der Waals surface area contributed by atoms with Gasteiger partial charge in [-0.15, -0.1) is 0 Å². The number of carbonyl (C=O) groups is 1. The second kappa shape index (κ2) is 12.5. The van der Waals surface area contributed by atoms with Crippen LogP contribution in [0.1, 0.15) is 49.7 Å². The molecule has 5 rings (SSSR count). The van der Waals surface area contributed by atoms with E-state index in [0.717, 1.165) is 49.8 Å². The molecule has 0 spiro atoms. The molecule has 2 atom stereocenters. The van der Waals surface area contributed by atoms with Crippen molar-refractivity contribution < 1.29 is 18.3 Å². The minimum atomic E-state index is -0.640. The first-order valence-corrected chi connectivity index (χ1v) is 13.5. The number of nitrogens with two attached hydrogens (primary N) is 1. The lowest BCUT2D eigenvalue weighted by Crippen LogP contribution is -2.50. The highest BCUT2D eigenvalue weighted by Crippen LogP contribution is 2.24. The van der Waals surface area contributed by atoms with Crippen LogP contribution in [0.5, 0.6) is 0 Å². The Bertz CT molecular complexity index is 1260. The van der Waals surface area contributed by atoms with E-state index >= 15 is 0 Å². The molecule has 1 aliphatic heterocycles. The lowest BCUT2D eigenvalue weighted by atomic mass is 9.99. The highest BCUT2D eigenvalue weighted by Gasteiger charge is 2.30. The number of anilines is 2. The normalized spacial score (nSPS) is 19.6. The van der Waals surface area contributed by atoms with E-state index in [0.29, 0.717) is 18.7 Å². The number of halogens is 2. The van der Waals surface area contributed by atoms with Crippen molar-refractivity contribution in [3.8, 4) is 11.3 Å². The van der Waals surface area contributed by atoms with Gasteiger partial charge in [-0.25, -0.2) is 18.7 Å². The molecule has 1 aromatic heterocycles. The van der Waals surface area contributed by atoms with Crippen LogP contribution in [0.3, 0.4) is 0 Å². The van der Waals surface area contributed by atoms with Crippen LogP contribution in [-0.2, 0) is 22.6 Å². The van der Waals surface area contributed by atoms with E-state index in [1.807, 2.05) is 24.3 Å². The Balaban J connectivity index is 1.15. The lowest BCUT2D eigenvalue weighted by molar-refractivity contribution is -0.152. The van der Waals surface area contributed by atoms with Crippen molar-refractivity contribution in [3.63, 3.8) is 0 Å². The predicted octanol–water partition coefficient (Wildman–Crippen LogP) is 4.31. The molecular formula is C29H34F2N6O2. The topological polar surface area (TPSA) is 114 Å². The van der Waals surface area contributed by atoms with Crippen molar-refractivity contribution in [1.29, 1.82) is 0 Å². The molecule has 8 nitrogen and oxygen atoms in total. The summed E-state index contributed by atoms with van der Waals surface area (Å²) in [5.41, 5.74) is 8.37. The molecule has 39 heavy (non-hydrogen) atoms. The summed E-state index contributed by atoms with van der Waals surface area (Å²) in [6.45, 7) is 1.34. The number of rotatable bonds is 9. The molecule has 1 aliphatic carbocycles. The van der Waals surface area contributed by atoms with Crippen molar-refractivity contribution in [1.82, 2.24) is 20.6 Å². The zero-order valence-electron chi connectivity index (χ0n) is 21.8. The maximum Gasteiger partial charge on any atom is 0.323 e. The van der Waals surface area contributed by atoms with Crippen molar-refractivity contribution in [2.24, 2.45) is 0 Å². The Morgan fingerprint density at radius 1 is 1.05 bits per heavy atom. The Hall–Kier alpha value is -3.63. The van der Waals surface area contributed by atoms with Gasteiger partial charge in [0.1, 0.15) is 23.8 Å². The second-order valence-corrected chi connectivity index (χ2v) is 10.2. The van der Waals surface area contributed by atoms with Crippen LogP contribution in [0.4, 0.5) is 20.4 Å². The smallest absolute Gasteiger partial charge is 0.323 e. The molecule has 0 radical (unpaired) electrons. The largest absolute Gasteiger partial charge is 0.461 e. The number of hydrogen-bond acceptors (Lipinski definition) is 8. The summed E-state index contributed by atoms with van der Waals surface area (Å²) in [5, 5.41) is 9.76. The summed E-state index contributed by atoms with van der Waals surface area (Å²) in [5.74, 6) is -1.01. The number of hydrogen-bond donors (Lipinski definition) is 4. The number of nitrogen functional groups attached to an aromatic ring is 1.